The lowest BCUT2D eigenvalue weighted by atomic mass is 9.87. The average Bonchev–Trinajstić information content (AvgIpc) is 2.42. The van der Waals surface area contributed by atoms with Crippen LogP contribution in [0.1, 0.15) is 12.8 Å². The zero-order chi connectivity index (χ0) is 8.88. The molecule has 0 aromatic rings. The van der Waals surface area contributed by atoms with E-state index in [1.807, 2.05) is 0 Å². The van der Waals surface area contributed by atoms with E-state index < -0.39 is 24.1 Å². The van der Waals surface area contributed by atoms with Gasteiger partial charge in [0.15, 0.2) is 0 Å². The minimum atomic E-state index is -0.839. The van der Waals surface area contributed by atoms with E-state index in [1.165, 1.54) is 0 Å². The van der Waals surface area contributed by atoms with Gasteiger partial charge in [0.05, 0.1) is 18.1 Å². The number of rotatable bonds is 1. The van der Waals surface area contributed by atoms with Gasteiger partial charge in [-0.1, -0.05) is 0 Å². The third kappa shape index (κ3) is 0.881. The molecule has 4 heteroatoms. The van der Waals surface area contributed by atoms with Crippen LogP contribution in [0.15, 0.2) is 0 Å². The predicted octanol–water partition coefficient (Wildman–Crippen LogP) is -0.551. The Morgan fingerprint density at radius 2 is 1.83 bits per heavy atom. The summed E-state index contributed by atoms with van der Waals surface area (Å²) in [6.07, 6.45) is -0.202. The molecule has 0 heterocycles. The van der Waals surface area contributed by atoms with Gasteiger partial charge in [-0.25, -0.2) is 0 Å². The molecule has 3 N–H and O–H groups in total. The molecule has 0 aromatic heterocycles. The Labute approximate surface area is 69.8 Å². The van der Waals surface area contributed by atoms with Crippen LogP contribution in [0.4, 0.5) is 0 Å². The molecule has 0 radical (unpaired) electrons. The van der Waals surface area contributed by atoms with Crippen LogP contribution in [0.3, 0.4) is 0 Å². The molecule has 12 heavy (non-hydrogen) atoms. The molecule has 0 aromatic carbocycles. The molecule has 5 unspecified atom stereocenters. The molecule has 2 bridgehead atoms. The van der Waals surface area contributed by atoms with Crippen molar-refractivity contribution in [3.63, 3.8) is 0 Å². The van der Waals surface area contributed by atoms with Crippen LogP contribution >= 0.6 is 0 Å². The molecular formula is C8H12O4. The summed E-state index contributed by atoms with van der Waals surface area (Å²) in [4.78, 5) is 10.7. The van der Waals surface area contributed by atoms with Gasteiger partial charge < -0.3 is 15.3 Å². The maximum atomic E-state index is 10.7. The normalized spacial score (nSPS) is 51.3. The van der Waals surface area contributed by atoms with Gasteiger partial charge in [0.2, 0.25) is 0 Å². The average molecular weight is 172 g/mol. The number of carboxylic acid groups (broad SMARTS) is 1. The molecular weight excluding hydrogens is 160 g/mol. The van der Waals surface area contributed by atoms with Crippen molar-refractivity contribution >= 4 is 5.97 Å². The minimum Gasteiger partial charge on any atom is -0.481 e. The van der Waals surface area contributed by atoms with Crippen LogP contribution in [-0.2, 0) is 4.79 Å². The van der Waals surface area contributed by atoms with Crippen molar-refractivity contribution in [1.29, 1.82) is 0 Å². The lowest BCUT2D eigenvalue weighted by Crippen LogP contribution is -2.26. The standard InChI is InChI=1S/C8H12O4/c9-6-2-3-4(8(11)12)1-5(6)7(3)10/h3-7,9-10H,1-2H2,(H,11,12). The molecule has 4 nitrogen and oxygen atoms in total. The van der Waals surface area contributed by atoms with E-state index in [0.717, 1.165) is 0 Å². The van der Waals surface area contributed by atoms with E-state index in [0.29, 0.717) is 12.8 Å². The van der Waals surface area contributed by atoms with Gasteiger partial charge in [-0.15, -0.1) is 0 Å². The highest BCUT2D eigenvalue weighted by atomic mass is 16.4. The summed E-state index contributed by atoms with van der Waals surface area (Å²) >= 11 is 0. The first kappa shape index (κ1) is 8.01. The Kier molecular flexibility index (Phi) is 1.63. The van der Waals surface area contributed by atoms with Crippen molar-refractivity contribution in [1.82, 2.24) is 0 Å². The van der Waals surface area contributed by atoms with E-state index >= 15 is 0 Å². The maximum Gasteiger partial charge on any atom is 0.306 e. The van der Waals surface area contributed by atoms with Crippen LogP contribution in [0.5, 0.6) is 0 Å². The van der Waals surface area contributed by atoms with Crippen molar-refractivity contribution in [2.24, 2.45) is 17.8 Å². The Morgan fingerprint density at radius 3 is 2.17 bits per heavy atom. The quantitative estimate of drug-likeness (QED) is 0.496. The zero-order valence-electron chi connectivity index (χ0n) is 6.55. The lowest BCUT2D eigenvalue weighted by Gasteiger charge is -2.20. The number of hydrogen-bond acceptors (Lipinski definition) is 3. The Hall–Kier alpha value is -0.610. The van der Waals surface area contributed by atoms with Gasteiger partial charge in [0.25, 0.3) is 0 Å². The fourth-order valence-electron chi connectivity index (χ4n) is 2.59. The largest absolute Gasteiger partial charge is 0.481 e. The topological polar surface area (TPSA) is 77.8 Å². The van der Waals surface area contributed by atoms with E-state index in [1.54, 1.807) is 0 Å². The highest BCUT2D eigenvalue weighted by Crippen LogP contribution is 2.48. The number of aliphatic hydroxyl groups is 2. The highest BCUT2D eigenvalue weighted by Gasteiger charge is 2.54. The maximum absolute atomic E-state index is 10.7. The van der Waals surface area contributed by atoms with Crippen molar-refractivity contribution in [3.05, 3.63) is 0 Å². The second kappa shape index (κ2) is 2.44. The number of hydrogen-bond donors (Lipinski definition) is 3. The van der Waals surface area contributed by atoms with Gasteiger partial charge in [-0.2, -0.15) is 0 Å². The summed E-state index contributed by atoms with van der Waals surface area (Å²) < 4.78 is 0. The molecule has 68 valence electrons. The van der Waals surface area contributed by atoms with Crippen molar-refractivity contribution in [2.45, 2.75) is 25.0 Å². The Balaban J connectivity index is 2.16. The second-order valence-corrected chi connectivity index (χ2v) is 3.80. The molecule has 0 saturated heterocycles. The molecule has 2 rings (SSSR count). The first-order chi connectivity index (χ1) is 5.61. The Morgan fingerprint density at radius 1 is 1.17 bits per heavy atom. The number of aliphatic carboxylic acids is 1. The van der Waals surface area contributed by atoms with Crippen LogP contribution < -0.4 is 0 Å². The summed E-state index contributed by atoms with van der Waals surface area (Å²) in [5, 5.41) is 27.6. The fraction of sp³-hybridized carbons (Fsp3) is 0.875. The van der Waals surface area contributed by atoms with E-state index in [4.69, 9.17) is 5.11 Å². The monoisotopic (exact) mass is 172 g/mol. The summed E-state index contributed by atoms with van der Waals surface area (Å²) in [6.45, 7) is 0. The third-order valence-corrected chi connectivity index (χ3v) is 3.25. The zero-order valence-corrected chi connectivity index (χ0v) is 6.55. The van der Waals surface area contributed by atoms with Crippen LogP contribution in [0, 0.1) is 17.8 Å². The molecule has 0 spiro atoms. The third-order valence-electron chi connectivity index (χ3n) is 3.25. The molecule has 2 aliphatic rings. The summed E-state index contributed by atoms with van der Waals surface area (Å²) in [6, 6.07) is 0. The number of carboxylic acids is 1. The molecule has 2 saturated carbocycles. The highest BCUT2D eigenvalue weighted by molar-refractivity contribution is 5.71. The summed E-state index contributed by atoms with van der Waals surface area (Å²) in [7, 11) is 0. The van der Waals surface area contributed by atoms with Gasteiger partial charge in [-0.05, 0) is 12.8 Å². The second-order valence-electron chi connectivity index (χ2n) is 3.80. The lowest BCUT2D eigenvalue weighted by molar-refractivity contribution is -0.144. The van der Waals surface area contributed by atoms with Crippen molar-refractivity contribution in [3.8, 4) is 0 Å². The van der Waals surface area contributed by atoms with Crippen molar-refractivity contribution < 1.29 is 20.1 Å². The fourth-order valence-corrected chi connectivity index (χ4v) is 2.59. The van der Waals surface area contributed by atoms with Crippen LogP contribution in [0.25, 0.3) is 0 Å². The van der Waals surface area contributed by atoms with Gasteiger partial charge >= 0.3 is 5.97 Å². The molecule has 5 atom stereocenters. The van der Waals surface area contributed by atoms with Gasteiger partial charge in [-0.3, -0.25) is 4.79 Å². The SMILES string of the molecule is O=C(O)C1CC2C(O)CC1C2O. The van der Waals surface area contributed by atoms with Crippen molar-refractivity contribution in [2.75, 3.05) is 0 Å². The molecule has 0 aliphatic heterocycles. The number of aliphatic hydroxyl groups excluding tert-OH is 2. The van der Waals surface area contributed by atoms with Crippen LogP contribution in [-0.4, -0.2) is 33.5 Å². The minimum absolute atomic E-state index is 0.198. The number of carbonyl (C=O) groups is 1. The van der Waals surface area contributed by atoms with Crippen LogP contribution in [0.2, 0.25) is 0 Å². The Bertz CT molecular complexity index is 215. The smallest absolute Gasteiger partial charge is 0.306 e. The summed E-state index contributed by atoms with van der Waals surface area (Å²) in [5.41, 5.74) is 0. The molecule has 2 aliphatic carbocycles. The van der Waals surface area contributed by atoms with Gasteiger partial charge in [0.1, 0.15) is 0 Å². The van der Waals surface area contributed by atoms with E-state index in [-0.39, 0.29) is 11.8 Å². The number of fused-ring (bicyclic) bond motifs is 2. The van der Waals surface area contributed by atoms with E-state index in [9.17, 15) is 15.0 Å². The first-order valence-corrected chi connectivity index (χ1v) is 4.20. The summed E-state index contributed by atoms with van der Waals surface area (Å²) in [5.74, 6) is -1.69. The first-order valence-electron chi connectivity index (χ1n) is 4.20. The molecule has 2 fully saturated rings. The molecule has 0 amide bonds. The van der Waals surface area contributed by atoms with Gasteiger partial charge in [0, 0.05) is 11.8 Å². The van der Waals surface area contributed by atoms with E-state index in [2.05, 4.69) is 0 Å². The predicted molar refractivity (Wildman–Crippen MR) is 39.4 cm³/mol.